The van der Waals surface area contributed by atoms with Crippen LogP contribution in [0, 0.1) is 11.3 Å². The van der Waals surface area contributed by atoms with Gasteiger partial charge in [0.05, 0.1) is 23.5 Å². The average Bonchev–Trinajstić information content (AvgIpc) is 3.45. The summed E-state index contributed by atoms with van der Waals surface area (Å²) in [6, 6.07) is 21.1. The van der Waals surface area contributed by atoms with E-state index in [1.54, 1.807) is 55.8 Å². The Hall–Kier alpha value is -4.65. The van der Waals surface area contributed by atoms with Gasteiger partial charge in [-0.3, -0.25) is 14.9 Å². The van der Waals surface area contributed by atoms with Crippen LogP contribution in [0.2, 0.25) is 5.02 Å². The Labute approximate surface area is 242 Å². The molecule has 0 bridgehead atoms. The average molecular weight is 569 g/mol. The number of aromatic nitrogens is 2. The fraction of sp³-hybridized carbons (Fsp3) is 0.226. The molecular formula is C31H29ClN6O3. The molecule has 0 aliphatic carbocycles. The first-order valence-electron chi connectivity index (χ1n) is 13.2. The molecule has 208 valence electrons. The van der Waals surface area contributed by atoms with E-state index in [1.165, 1.54) is 0 Å². The summed E-state index contributed by atoms with van der Waals surface area (Å²) in [5, 5.41) is 15.7. The first-order chi connectivity index (χ1) is 19.9. The number of primary amides is 1. The van der Waals surface area contributed by atoms with E-state index in [9.17, 15) is 9.59 Å². The van der Waals surface area contributed by atoms with Crippen LogP contribution in [0.25, 0.3) is 0 Å². The standard InChI is InChI=1S/C31H29ClN6O3/c1-35-28-14-25(27-16-36-18-38(27)17-21-7-5-20(15-33)6-8-21)23-3-2-4-24(29(23)41-28)31(40)37-26(30(34)39)13-19-9-11-22(32)12-10-19/h2-12,16,18,25-26,28,35H,13-14,17H2,1H3,(H2,34,39)(H,37,40)/t25?,26-,28?/m0/s1. The number of hydrogen-bond acceptors (Lipinski definition) is 6. The van der Waals surface area contributed by atoms with E-state index < -0.39 is 17.9 Å². The van der Waals surface area contributed by atoms with Crippen molar-refractivity contribution in [1.29, 1.82) is 5.26 Å². The summed E-state index contributed by atoms with van der Waals surface area (Å²) in [6.45, 7) is 0.573. The molecule has 0 saturated carbocycles. The van der Waals surface area contributed by atoms with Gasteiger partial charge in [0, 0.05) is 47.8 Å². The van der Waals surface area contributed by atoms with Crippen LogP contribution in [0.4, 0.5) is 0 Å². The van der Waals surface area contributed by atoms with Gasteiger partial charge >= 0.3 is 0 Å². The lowest BCUT2D eigenvalue weighted by molar-refractivity contribution is -0.119. The van der Waals surface area contributed by atoms with Gasteiger partial charge in [-0.1, -0.05) is 48.0 Å². The van der Waals surface area contributed by atoms with Crippen molar-refractivity contribution in [3.63, 3.8) is 0 Å². The van der Waals surface area contributed by atoms with Crippen LogP contribution < -0.4 is 21.1 Å². The van der Waals surface area contributed by atoms with Crippen LogP contribution in [0.5, 0.6) is 5.75 Å². The van der Waals surface area contributed by atoms with Crippen molar-refractivity contribution in [2.75, 3.05) is 7.05 Å². The fourth-order valence-electron chi connectivity index (χ4n) is 5.08. The molecule has 5 rings (SSSR count). The third kappa shape index (κ3) is 6.24. The van der Waals surface area contributed by atoms with Crippen molar-refractivity contribution in [2.24, 2.45) is 5.73 Å². The van der Waals surface area contributed by atoms with E-state index in [2.05, 4.69) is 26.3 Å². The maximum atomic E-state index is 13.5. The number of nitrogens with two attached hydrogens (primary N) is 1. The van der Waals surface area contributed by atoms with E-state index in [0.717, 1.165) is 22.4 Å². The molecule has 2 unspecified atom stereocenters. The van der Waals surface area contributed by atoms with Crippen LogP contribution >= 0.6 is 11.6 Å². The molecule has 3 aromatic carbocycles. The highest BCUT2D eigenvalue weighted by molar-refractivity contribution is 6.30. The van der Waals surface area contributed by atoms with E-state index in [0.29, 0.717) is 34.9 Å². The maximum Gasteiger partial charge on any atom is 0.255 e. The van der Waals surface area contributed by atoms with E-state index in [-0.39, 0.29) is 18.6 Å². The number of benzene rings is 3. The van der Waals surface area contributed by atoms with Gasteiger partial charge in [0.1, 0.15) is 11.8 Å². The second-order valence-electron chi connectivity index (χ2n) is 9.92. The normalized spacial score (nSPS) is 16.6. The molecule has 3 atom stereocenters. The summed E-state index contributed by atoms with van der Waals surface area (Å²) >= 11 is 5.98. The van der Waals surface area contributed by atoms with Crippen LogP contribution in [0.15, 0.2) is 79.3 Å². The molecule has 0 saturated heterocycles. The van der Waals surface area contributed by atoms with Crippen molar-refractivity contribution in [1.82, 2.24) is 20.2 Å². The number of imidazole rings is 1. The zero-order valence-corrected chi connectivity index (χ0v) is 23.1. The monoisotopic (exact) mass is 568 g/mol. The molecule has 1 aliphatic rings. The number of rotatable bonds is 9. The molecule has 9 nitrogen and oxygen atoms in total. The van der Waals surface area contributed by atoms with Crippen molar-refractivity contribution in [3.8, 4) is 11.8 Å². The smallest absolute Gasteiger partial charge is 0.255 e. The summed E-state index contributed by atoms with van der Waals surface area (Å²) in [5.41, 5.74) is 10.2. The molecule has 10 heteroatoms. The first-order valence-corrected chi connectivity index (χ1v) is 13.5. The van der Waals surface area contributed by atoms with Gasteiger partial charge in [0.25, 0.3) is 5.91 Å². The number of nitriles is 1. The van der Waals surface area contributed by atoms with E-state index in [1.807, 2.05) is 30.5 Å². The minimum atomic E-state index is -0.923. The van der Waals surface area contributed by atoms with Gasteiger partial charge in [-0.05, 0) is 48.5 Å². The molecule has 1 aliphatic heterocycles. The molecule has 2 heterocycles. The van der Waals surface area contributed by atoms with Crippen LogP contribution in [0.3, 0.4) is 0 Å². The Balaban J connectivity index is 1.43. The number of para-hydroxylation sites is 1. The van der Waals surface area contributed by atoms with Crippen LogP contribution in [-0.2, 0) is 17.8 Å². The quantitative estimate of drug-likeness (QED) is 0.281. The summed E-state index contributed by atoms with van der Waals surface area (Å²) in [4.78, 5) is 30.2. The molecule has 0 spiro atoms. The highest BCUT2D eigenvalue weighted by Crippen LogP contribution is 2.42. The lowest BCUT2D eigenvalue weighted by atomic mass is 9.87. The number of halogens is 1. The van der Waals surface area contributed by atoms with Gasteiger partial charge in [-0.15, -0.1) is 0 Å². The van der Waals surface area contributed by atoms with Crippen molar-refractivity contribution in [2.45, 2.75) is 37.6 Å². The highest BCUT2D eigenvalue weighted by Gasteiger charge is 2.34. The molecular weight excluding hydrogens is 540 g/mol. The molecule has 4 N–H and O–H groups in total. The zero-order valence-electron chi connectivity index (χ0n) is 22.4. The number of carbonyl (C=O) groups excluding carboxylic acids is 2. The Morgan fingerprint density at radius 2 is 1.88 bits per heavy atom. The highest BCUT2D eigenvalue weighted by atomic mass is 35.5. The topological polar surface area (TPSA) is 135 Å². The van der Waals surface area contributed by atoms with Crippen molar-refractivity contribution < 1.29 is 14.3 Å². The predicted molar refractivity (Wildman–Crippen MR) is 154 cm³/mol. The SMILES string of the molecule is CNC1CC(c2cncn2Cc2ccc(C#N)cc2)c2cccc(C(=O)N[C@@H](Cc3ccc(Cl)cc3)C(N)=O)c2O1. The number of ether oxygens (including phenoxy) is 1. The van der Waals surface area contributed by atoms with Crippen molar-refractivity contribution in [3.05, 3.63) is 118 Å². The molecule has 1 aromatic heterocycles. The third-order valence-electron chi connectivity index (χ3n) is 7.24. The number of carbonyl (C=O) groups is 2. The molecule has 0 radical (unpaired) electrons. The lowest BCUT2D eigenvalue weighted by Gasteiger charge is -2.33. The summed E-state index contributed by atoms with van der Waals surface area (Å²) in [7, 11) is 1.80. The van der Waals surface area contributed by atoms with E-state index in [4.69, 9.17) is 27.3 Å². The van der Waals surface area contributed by atoms with Crippen molar-refractivity contribution >= 4 is 23.4 Å². The second-order valence-corrected chi connectivity index (χ2v) is 10.4. The Morgan fingerprint density at radius 1 is 1.15 bits per heavy atom. The number of nitrogens with one attached hydrogen (secondary N) is 2. The van der Waals surface area contributed by atoms with Crippen LogP contribution in [-0.4, -0.2) is 40.7 Å². The van der Waals surface area contributed by atoms with Gasteiger partial charge in [-0.2, -0.15) is 5.26 Å². The zero-order chi connectivity index (χ0) is 28.9. The molecule has 4 aromatic rings. The Kier molecular flexibility index (Phi) is 8.34. The number of fused-ring (bicyclic) bond motifs is 1. The Bertz CT molecular complexity index is 1590. The van der Waals surface area contributed by atoms with Gasteiger partial charge in [0.15, 0.2) is 6.23 Å². The maximum absolute atomic E-state index is 13.5. The Morgan fingerprint density at radius 3 is 2.56 bits per heavy atom. The lowest BCUT2D eigenvalue weighted by Crippen LogP contribution is -2.46. The van der Waals surface area contributed by atoms with Gasteiger partial charge in [-0.25, -0.2) is 4.98 Å². The number of hydrogen-bond donors (Lipinski definition) is 3. The third-order valence-corrected chi connectivity index (χ3v) is 7.49. The van der Waals surface area contributed by atoms with E-state index >= 15 is 0 Å². The number of amides is 2. The molecule has 41 heavy (non-hydrogen) atoms. The van der Waals surface area contributed by atoms with Gasteiger partial charge < -0.3 is 20.4 Å². The van der Waals surface area contributed by atoms with Gasteiger partial charge in [0.2, 0.25) is 5.91 Å². The minimum absolute atomic E-state index is 0.120. The second kappa shape index (κ2) is 12.3. The minimum Gasteiger partial charge on any atom is -0.474 e. The summed E-state index contributed by atoms with van der Waals surface area (Å²) < 4.78 is 8.32. The predicted octanol–water partition coefficient (Wildman–Crippen LogP) is 3.74. The fourth-order valence-corrected chi connectivity index (χ4v) is 5.20. The largest absolute Gasteiger partial charge is 0.474 e. The van der Waals surface area contributed by atoms with Crippen LogP contribution in [0.1, 0.15) is 50.6 Å². The number of nitrogens with zero attached hydrogens (tertiary/aromatic N) is 3. The first kappa shape index (κ1) is 27.9. The molecule has 0 fully saturated rings. The summed E-state index contributed by atoms with van der Waals surface area (Å²) in [5.74, 6) is -0.773. The summed E-state index contributed by atoms with van der Waals surface area (Å²) in [6.07, 6.45) is 4.10. The molecule has 2 amide bonds.